The molecule has 0 aliphatic carbocycles. The molecule has 1 nitrogen and oxygen atoms in total. The number of rotatable bonds is 4. The van der Waals surface area contributed by atoms with Crippen LogP contribution >= 0.6 is 11.8 Å². The lowest BCUT2D eigenvalue weighted by atomic mass is 10.4. The van der Waals surface area contributed by atoms with Gasteiger partial charge in [-0.05, 0) is 31.2 Å². The average Bonchev–Trinajstić information content (AvgIpc) is 2.39. The van der Waals surface area contributed by atoms with Crippen molar-refractivity contribution in [3.05, 3.63) is 0 Å². The van der Waals surface area contributed by atoms with E-state index in [1.54, 1.807) is 0 Å². The molecule has 0 aromatic carbocycles. The van der Waals surface area contributed by atoms with Gasteiger partial charge in [-0.3, -0.25) is 0 Å². The van der Waals surface area contributed by atoms with Gasteiger partial charge in [0.25, 0.3) is 0 Å². The molecular formula is C9H19NS. The second-order valence-corrected chi connectivity index (χ2v) is 5.15. The van der Waals surface area contributed by atoms with Gasteiger partial charge in [0, 0.05) is 12.3 Å². The molecule has 1 fully saturated rings. The van der Waals surface area contributed by atoms with Gasteiger partial charge in [0.05, 0.1) is 0 Å². The highest BCUT2D eigenvalue weighted by atomic mass is 32.2. The molecule has 0 spiro atoms. The third-order valence-electron chi connectivity index (χ3n) is 2.06. The van der Waals surface area contributed by atoms with E-state index in [4.69, 9.17) is 0 Å². The maximum absolute atomic E-state index is 2.58. The Labute approximate surface area is 74.5 Å². The number of hydrogen-bond acceptors (Lipinski definition) is 2. The van der Waals surface area contributed by atoms with Gasteiger partial charge in [-0.25, -0.2) is 0 Å². The summed E-state index contributed by atoms with van der Waals surface area (Å²) < 4.78 is 0. The van der Waals surface area contributed by atoms with Crippen LogP contribution in [0.15, 0.2) is 0 Å². The van der Waals surface area contributed by atoms with Crippen LogP contribution in [0.3, 0.4) is 0 Å². The van der Waals surface area contributed by atoms with Crippen LogP contribution in [0.4, 0.5) is 0 Å². The molecular weight excluding hydrogens is 154 g/mol. The van der Waals surface area contributed by atoms with Gasteiger partial charge in [-0.1, -0.05) is 13.8 Å². The van der Waals surface area contributed by atoms with E-state index in [2.05, 4.69) is 30.5 Å². The van der Waals surface area contributed by atoms with E-state index in [1.807, 2.05) is 0 Å². The summed E-state index contributed by atoms with van der Waals surface area (Å²) in [7, 11) is 0. The molecule has 0 atom stereocenters. The van der Waals surface area contributed by atoms with E-state index in [9.17, 15) is 0 Å². The molecule has 0 saturated carbocycles. The fourth-order valence-electron chi connectivity index (χ4n) is 1.42. The summed E-state index contributed by atoms with van der Waals surface area (Å²) in [4.78, 5) is 2.58. The summed E-state index contributed by atoms with van der Waals surface area (Å²) in [6.45, 7) is 8.55. The predicted octanol–water partition coefficient (Wildman–Crippen LogP) is 2.22. The van der Waals surface area contributed by atoms with Gasteiger partial charge in [0.1, 0.15) is 0 Å². The molecule has 1 rings (SSSR count). The van der Waals surface area contributed by atoms with Crippen LogP contribution in [0, 0.1) is 0 Å². The van der Waals surface area contributed by atoms with E-state index in [1.165, 1.54) is 38.2 Å². The van der Waals surface area contributed by atoms with Crippen LogP contribution in [0.2, 0.25) is 0 Å². The molecule has 1 aliphatic rings. The topological polar surface area (TPSA) is 3.24 Å². The molecule has 1 saturated heterocycles. The second-order valence-electron chi connectivity index (χ2n) is 3.47. The Kier molecular flexibility index (Phi) is 4.31. The fourth-order valence-corrected chi connectivity index (χ4v) is 2.26. The average molecular weight is 173 g/mol. The number of thioether (sulfide) groups is 1. The third-order valence-corrected chi connectivity index (χ3v) is 3.14. The summed E-state index contributed by atoms with van der Waals surface area (Å²) in [6, 6.07) is 0. The SMILES string of the molecule is CC(C)SCCN1CCCC1. The molecule has 2 heteroatoms. The molecule has 11 heavy (non-hydrogen) atoms. The molecule has 0 bridgehead atoms. The van der Waals surface area contributed by atoms with Gasteiger partial charge < -0.3 is 4.90 Å². The maximum Gasteiger partial charge on any atom is 0.00724 e. The van der Waals surface area contributed by atoms with Crippen LogP contribution in [0.5, 0.6) is 0 Å². The van der Waals surface area contributed by atoms with Gasteiger partial charge in [-0.15, -0.1) is 0 Å². The summed E-state index contributed by atoms with van der Waals surface area (Å²) in [5.41, 5.74) is 0. The molecule has 1 heterocycles. The molecule has 66 valence electrons. The van der Waals surface area contributed by atoms with Crippen molar-refractivity contribution in [2.24, 2.45) is 0 Å². The molecule has 0 unspecified atom stereocenters. The summed E-state index contributed by atoms with van der Waals surface area (Å²) in [6.07, 6.45) is 2.85. The first-order valence-corrected chi connectivity index (χ1v) is 5.68. The van der Waals surface area contributed by atoms with Crippen molar-refractivity contribution in [2.75, 3.05) is 25.4 Å². The Morgan fingerprint density at radius 3 is 2.45 bits per heavy atom. The standard InChI is InChI=1S/C9H19NS/c1-9(2)11-8-7-10-5-3-4-6-10/h9H,3-8H2,1-2H3. The third kappa shape index (κ3) is 4.02. The van der Waals surface area contributed by atoms with E-state index in [-0.39, 0.29) is 0 Å². The van der Waals surface area contributed by atoms with Crippen LogP contribution in [-0.2, 0) is 0 Å². The Hall–Kier alpha value is 0.310. The molecule has 0 aromatic heterocycles. The van der Waals surface area contributed by atoms with Crippen molar-refractivity contribution in [1.82, 2.24) is 4.90 Å². The van der Waals surface area contributed by atoms with Crippen LogP contribution in [-0.4, -0.2) is 35.5 Å². The lowest BCUT2D eigenvalue weighted by molar-refractivity contribution is 0.362. The Bertz CT molecular complexity index is 97.7. The predicted molar refractivity (Wildman–Crippen MR) is 53.3 cm³/mol. The smallest absolute Gasteiger partial charge is 0.00724 e. The minimum Gasteiger partial charge on any atom is -0.303 e. The Morgan fingerprint density at radius 2 is 1.91 bits per heavy atom. The van der Waals surface area contributed by atoms with Crippen LogP contribution in [0.1, 0.15) is 26.7 Å². The summed E-state index contributed by atoms with van der Waals surface area (Å²) >= 11 is 2.08. The molecule has 0 amide bonds. The lowest BCUT2D eigenvalue weighted by Gasteiger charge is -2.14. The first kappa shape index (κ1) is 9.40. The minimum absolute atomic E-state index is 0.803. The second kappa shape index (κ2) is 5.04. The van der Waals surface area contributed by atoms with Crippen LogP contribution < -0.4 is 0 Å². The minimum atomic E-state index is 0.803. The quantitative estimate of drug-likeness (QED) is 0.641. The Morgan fingerprint density at radius 1 is 1.27 bits per heavy atom. The van der Waals surface area contributed by atoms with Gasteiger partial charge >= 0.3 is 0 Å². The highest BCUT2D eigenvalue weighted by Gasteiger charge is 2.10. The van der Waals surface area contributed by atoms with Crippen molar-refractivity contribution in [2.45, 2.75) is 31.9 Å². The number of nitrogens with zero attached hydrogens (tertiary/aromatic N) is 1. The van der Waals surface area contributed by atoms with E-state index in [0.29, 0.717) is 0 Å². The zero-order chi connectivity index (χ0) is 8.10. The largest absolute Gasteiger partial charge is 0.303 e. The zero-order valence-corrected chi connectivity index (χ0v) is 8.49. The first-order valence-electron chi connectivity index (χ1n) is 4.63. The van der Waals surface area contributed by atoms with E-state index in [0.717, 1.165) is 5.25 Å². The summed E-state index contributed by atoms with van der Waals surface area (Å²) in [5.74, 6) is 1.32. The van der Waals surface area contributed by atoms with Gasteiger partial charge in [-0.2, -0.15) is 11.8 Å². The highest BCUT2D eigenvalue weighted by Crippen LogP contribution is 2.12. The van der Waals surface area contributed by atoms with Gasteiger partial charge in [0.15, 0.2) is 0 Å². The first-order chi connectivity index (χ1) is 5.29. The molecule has 0 radical (unpaired) electrons. The Balaban J connectivity index is 1.94. The lowest BCUT2D eigenvalue weighted by Crippen LogP contribution is -2.22. The summed E-state index contributed by atoms with van der Waals surface area (Å²) in [5, 5.41) is 0.803. The highest BCUT2D eigenvalue weighted by molar-refractivity contribution is 7.99. The van der Waals surface area contributed by atoms with Crippen molar-refractivity contribution < 1.29 is 0 Å². The van der Waals surface area contributed by atoms with E-state index >= 15 is 0 Å². The number of hydrogen-bond donors (Lipinski definition) is 0. The van der Waals surface area contributed by atoms with E-state index < -0.39 is 0 Å². The maximum atomic E-state index is 2.58. The molecule has 1 aliphatic heterocycles. The molecule has 0 aromatic rings. The zero-order valence-electron chi connectivity index (χ0n) is 7.68. The fraction of sp³-hybridized carbons (Fsp3) is 1.00. The van der Waals surface area contributed by atoms with Crippen LogP contribution in [0.25, 0.3) is 0 Å². The van der Waals surface area contributed by atoms with Crippen molar-refractivity contribution in [1.29, 1.82) is 0 Å². The van der Waals surface area contributed by atoms with Gasteiger partial charge in [0.2, 0.25) is 0 Å². The normalized spacial score (nSPS) is 19.9. The van der Waals surface area contributed by atoms with Crippen molar-refractivity contribution in [3.8, 4) is 0 Å². The monoisotopic (exact) mass is 173 g/mol. The number of likely N-dealkylation sites (tertiary alicyclic amines) is 1. The van der Waals surface area contributed by atoms with Crippen molar-refractivity contribution >= 4 is 11.8 Å². The van der Waals surface area contributed by atoms with Crippen molar-refractivity contribution in [3.63, 3.8) is 0 Å². The molecule has 0 N–H and O–H groups in total.